The summed E-state index contributed by atoms with van der Waals surface area (Å²) in [5.74, 6) is -0.420. The van der Waals surface area contributed by atoms with Crippen molar-refractivity contribution in [3.63, 3.8) is 0 Å². The van der Waals surface area contributed by atoms with Gasteiger partial charge in [-0.05, 0) is 83.1 Å². The van der Waals surface area contributed by atoms with Crippen molar-refractivity contribution in [3.05, 3.63) is 58.7 Å². The molecule has 0 aliphatic heterocycles. The third-order valence-corrected chi connectivity index (χ3v) is 9.71. The predicted octanol–water partition coefficient (Wildman–Crippen LogP) is 7.24. The minimum absolute atomic E-state index is 0.0419. The fourth-order valence-electron chi connectivity index (χ4n) is 8.00. The second-order valence-corrected chi connectivity index (χ2v) is 12.5. The molecule has 3 saturated carbocycles. The van der Waals surface area contributed by atoms with Crippen LogP contribution in [0.3, 0.4) is 0 Å². The van der Waals surface area contributed by atoms with Crippen molar-refractivity contribution in [1.29, 1.82) is 0 Å². The van der Waals surface area contributed by atoms with Gasteiger partial charge in [0, 0.05) is 24.3 Å². The van der Waals surface area contributed by atoms with E-state index >= 15 is 0 Å². The molecule has 3 rings (SSSR count). The summed E-state index contributed by atoms with van der Waals surface area (Å²) in [4.78, 5) is 38.7. The Morgan fingerprint density at radius 1 is 0.895 bits per heavy atom. The van der Waals surface area contributed by atoms with Crippen molar-refractivity contribution in [2.24, 2.45) is 28.1 Å². The van der Waals surface area contributed by atoms with E-state index in [0.29, 0.717) is 12.8 Å². The first-order chi connectivity index (χ1) is 17.7. The summed E-state index contributed by atoms with van der Waals surface area (Å²) in [6.45, 7) is 16.0. The summed E-state index contributed by atoms with van der Waals surface area (Å²) in [5.41, 5.74) is 2.89. The number of hydrogen-bond acceptors (Lipinski definition) is 5. The van der Waals surface area contributed by atoms with Crippen molar-refractivity contribution in [2.45, 2.75) is 93.6 Å². The van der Waals surface area contributed by atoms with Crippen molar-refractivity contribution < 1.29 is 23.9 Å². The number of carbonyl (C=O) groups excluding carboxylic acids is 3. The highest BCUT2D eigenvalue weighted by Crippen LogP contribution is 2.69. The van der Waals surface area contributed by atoms with Gasteiger partial charge in [-0.3, -0.25) is 14.4 Å². The van der Waals surface area contributed by atoms with E-state index < -0.39 is 11.5 Å². The third-order valence-electron chi connectivity index (χ3n) is 9.71. The van der Waals surface area contributed by atoms with Crippen molar-refractivity contribution >= 4 is 17.7 Å². The molecule has 6 atom stereocenters. The van der Waals surface area contributed by atoms with Gasteiger partial charge < -0.3 is 9.47 Å². The Hall–Kier alpha value is -2.69. The monoisotopic (exact) mass is 522 g/mol. The number of allylic oxidation sites excluding steroid dienone is 10. The van der Waals surface area contributed by atoms with Gasteiger partial charge >= 0.3 is 11.9 Å². The molecule has 5 nitrogen and oxygen atoms in total. The molecule has 3 aliphatic carbocycles. The molecule has 0 aromatic carbocycles. The van der Waals surface area contributed by atoms with Crippen molar-refractivity contribution in [1.82, 2.24) is 0 Å². The number of ether oxygens (including phenoxy) is 2. The SMILES string of the molecule is COC(=O)[C@]1(C)[C@@H]2CC[C@]3(C)/C(=C(\C)C=CC=C(C)C=CC=C(C)C)C(=O)C[C@H]3[C@@]2(C)CC[C@H]1OC(C)=O. The quantitative estimate of drug-likeness (QED) is 0.209. The van der Waals surface area contributed by atoms with Crippen molar-refractivity contribution in [2.75, 3.05) is 7.11 Å². The van der Waals surface area contributed by atoms with Crippen LogP contribution in [0.25, 0.3) is 0 Å². The normalized spacial score (nSPS) is 36.6. The molecular weight excluding hydrogens is 476 g/mol. The molecule has 0 bridgehead atoms. The smallest absolute Gasteiger partial charge is 0.315 e. The molecule has 0 N–H and O–H groups in total. The fourth-order valence-corrected chi connectivity index (χ4v) is 8.00. The lowest BCUT2D eigenvalue weighted by Gasteiger charge is -2.61. The Morgan fingerprint density at radius 3 is 2.16 bits per heavy atom. The van der Waals surface area contributed by atoms with E-state index in [2.05, 4.69) is 58.9 Å². The number of Topliss-reactive ketones (excluding diaryl/α,β-unsaturated/α-hetero) is 1. The zero-order valence-electron chi connectivity index (χ0n) is 24.8. The van der Waals surface area contributed by atoms with E-state index in [1.807, 2.05) is 26.0 Å². The van der Waals surface area contributed by atoms with Gasteiger partial charge in [0.25, 0.3) is 0 Å². The maximum Gasteiger partial charge on any atom is 0.315 e. The predicted molar refractivity (Wildman–Crippen MR) is 151 cm³/mol. The Kier molecular flexibility index (Phi) is 8.80. The van der Waals surface area contributed by atoms with Gasteiger partial charge in [-0.1, -0.05) is 61.4 Å². The van der Waals surface area contributed by atoms with Gasteiger partial charge in [-0.15, -0.1) is 0 Å². The summed E-state index contributed by atoms with van der Waals surface area (Å²) in [6, 6.07) is 0. The first-order valence-corrected chi connectivity index (χ1v) is 13.9. The molecule has 38 heavy (non-hydrogen) atoms. The minimum atomic E-state index is -0.944. The molecule has 208 valence electrons. The van der Waals surface area contributed by atoms with Gasteiger partial charge in [0.2, 0.25) is 0 Å². The number of esters is 2. The summed E-state index contributed by atoms with van der Waals surface area (Å²) < 4.78 is 11.0. The summed E-state index contributed by atoms with van der Waals surface area (Å²) in [5, 5.41) is 0. The molecule has 0 aromatic heterocycles. The highest BCUT2D eigenvalue weighted by Gasteiger charge is 2.68. The summed E-state index contributed by atoms with van der Waals surface area (Å²) in [7, 11) is 1.40. The van der Waals surface area contributed by atoms with E-state index in [0.717, 1.165) is 36.0 Å². The number of fused-ring (bicyclic) bond motifs is 3. The molecule has 0 saturated heterocycles. The Morgan fingerprint density at radius 2 is 1.55 bits per heavy atom. The summed E-state index contributed by atoms with van der Waals surface area (Å²) in [6.07, 6.45) is 15.3. The van der Waals surface area contributed by atoms with E-state index in [4.69, 9.17) is 9.47 Å². The number of hydrogen-bond donors (Lipinski definition) is 0. The molecule has 0 heterocycles. The average molecular weight is 523 g/mol. The van der Waals surface area contributed by atoms with Crippen LogP contribution in [0.15, 0.2) is 58.7 Å². The van der Waals surface area contributed by atoms with Crippen LogP contribution in [-0.4, -0.2) is 30.9 Å². The Bertz CT molecular complexity index is 1130. The first-order valence-electron chi connectivity index (χ1n) is 13.9. The van der Waals surface area contributed by atoms with E-state index in [1.54, 1.807) is 0 Å². The second kappa shape index (κ2) is 11.2. The maximum absolute atomic E-state index is 13.6. The Labute approximate surface area is 229 Å². The van der Waals surface area contributed by atoms with Crippen LogP contribution in [0.2, 0.25) is 0 Å². The lowest BCUT2D eigenvalue weighted by molar-refractivity contribution is -0.206. The number of carbonyl (C=O) groups is 3. The van der Waals surface area contributed by atoms with Crippen LogP contribution < -0.4 is 0 Å². The van der Waals surface area contributed by atoms with Gasteiger partial charge in [-0.2, -0.15) is 0 Å². The minimum Gasteiger partial charge on any atom is -0.468 e. The molecule has 0 radical (unpaired) electrons. The van der Waals surface area contributed by atoms with Gasteiger partial charge in [-0.25, -0.2) is 0 Å². The largest absolute Gasteiger partial charge is 0.468 e. The molecular formula is C33H46O5. The number of ketones is 1. The molecule has 3 fully saturated rings. The highest BCUT2D eigenvalue weighted by atomic mass is 16.6. The fraction of sp³-hybridized carbons (Fsp3) is 0.606. The van der Waals surface area contributed by atoms with E-state index in [9.17, 15) is 14.4 Å². The lowest BCUT2D eigenvalue weighted by Crippen LogP contribution is -2.62. The topological polar surface area (TPSA) is 69.7 Å². The van der Waals surface area contributed by atoms with E-state index in [1.165, 1.54) is 19.6 Å². The van der Waals surface area contributed by atoms with Crippen LogP contribution >= 0.6 is 0 Å². The lowest BCUT2D eigenvalue weighted by atomic mass is 9.42. The third kappa shape index (κ3) is 5.26. The molecule has 0 spiro atoms. The molecule has 3 aliphatic rings. The molecule has 5 heteroatoms. The Balaban J connectivity index is 1.96. The van der Waals surface area contributed by atoms with Crippen LogP contribution in [-0.2, 0) is 23.9 Å². The second-order valence-electron chi connectivity index (χ2n) is 12.5. The van der Waals surface area contributed by atoms with Gasteiger partial charge in [0.15, 0.2) is 5.78 Å². The standard InChI is InChI=1S/C33H46O5/c1-21(2)12-10-13-22(3)14-11-15-23(4)29-25(35)20-27-31(6)19-17-28(38-24(5)34)33(8,30(36)37-9)26(31)16-18-32(27,29)7/h10-15,26-28H,16-20H2,1-9H3/b13-10?,15-11?,22-14?,29-23+/t26-,27+,28-,31+,32+,33-/m1/s1. The molecule has 0 aromatic rings. The van der Waals surface area contributed by atoms with Crippen LogP contribution in [0.1, 0.15) is 87.5 Å². The van der Waals surface area contributed by atoms with Gasteiger partial charge in [0.05, 0.1) is 7.11 Å². The van der Waals surface area contributed by atoms with Crippen LogP contribution in [0, 0.1) is 28.1 Å². The highest BCUT2D eigenvalue weighted by molar-refractivity contribution is 6.01. The van der Waals surface area contributed by atoms with Gasteiger partial charge in [0.1, 0.15) is 11.5 Å². The first kappa shape index (κ1) is 29.9. The summed E-state index contributed by atoms with van der Waals surface area (Å²) >= 11 is 0. The zero-order valence-corrected chi connectivity index (χ0v) is 24.8. The van der Waals surface area contributed by atoms with Crippen LogP contribution in [0.4, 0.5) is 0 Å². The van der Waals surface area contributed by atoms with E-state index in [-0.39, 0.29) is 40.4 Å². The average Bonchev–Trinajstić information content (AvgIpc) is 3.11. The zero-order chi connectivity index (χ0) is 28.5. The molecule has 0 amide bonds. The molecule has 0 unspecified atom stereocenters. The number of methoxy groups -OCH3 is 1. The van der Waals surface area contributed by atoms with Crippen LogP contribution in [0.5, 0.6) is 0 Å². The number of rotatable bonds is 6. The maximum atomic E-state index is 13.6. The van der Waals surface area contributed by atoms with Crippen molar-refractivity contribution in [3.8, 4) is 0 Å².